The average Bonchev–Trinajstić information content (AvgIpc) is 3.24. The van der Waals surface area contributed by atoms with Crippen LogP contribution in [-0.2, 0) is 4.79 Å². The van der Waals surface area contributed by atoms with E-state index >= 15 is 0 Å². The SMILES string of the molecule is CCCCCCCCCCCCCCCCC/C=C/C(O)C(CO)NC(=O)CC(O)CCCCCCCCCCCCCCCCCCCCCCCCCCCCCC. The van der Waals surface area contributed by atoms with Gasteiger partial charge in [-0.1, -0.05) is 296 Å². The molecule has 0 aromatic carbocycles. The topological polar surface area (TPSA) is 89.8 Å². The lowest BCUT2D eigenvalue weighted by Crippen LogP contribution is -2.45. The first-order valence-corrected chi connectivity index (χ1v) is 27.5. The summed E-state index contributed by atoms with van der Waals surface area (Å²) in [6, 6.07) is -0.740. The molecule has 0 heterocycles. The third kappa shape index (κ3) is 46.6. The van der Waals surface area contributed by atoms with Crippen molar-refractivity contribution in [3.05, 3.63) is 12.2 Å². The van der Waals surface area contributed by atoms with Gasteiger partial charge in [0.05, 0.1) is 31.3 Å². The predicted octanol–water partition coefficient (Wildman–Crippen LogP) is 16.7. The highest BCUT2D eigenvalue weighted by atomic mass is 16.3. The van der Waals surface area contributed by atoms with Crippen LogP contribution in [0.15, 0.2) is 12.2 Å². The van der Waals surface area contributed by atoms with Gasteiger partial charge < -0.3 is 20.6 Å². The molecule has 0 aromatic rings. The van der Waals surface area contributed by atoms with E-state index in [9.17, 15) is 20.1 Å². The van der Waals surface area contributed by atoms with E-state index in [1.165, 1.54) is 257 Å². The van der Waals surface area contributed by atoms with Crippen LogP contribution in [0.1, 0.15) is 309 Å². The summed E-state index contributed by atoms with van der Waals surface area (Å²) >= 11 is 0. The standard InChI is InChI=1S/C55H109NO4/c1-3-5-7-9-11-13-15-17-19-21-22-23-24-25-26-27-28-29-30-31-33-34-36-38-40-42-44-46-48-52(58)50-55(60)56-53(51-57)54(59)49-47-45-43-41-39-37-35-32-20-18-16-14-12-10-8-6-4-2/h47,49,52-54,57-59H,3-46,48,50-51H2,1-2H3,(H,56,60)/b49-47+. The molecule has 5 heteroatoms. The van der Waals surface area contributed by atoms with Crippen molar-refractivity contribution in [2.24, 2.45) is 0 Å². The van der Waals surface area contributed by atoms with Gasteiger partial charge in [0, 0.05) is 0 Å². The van der Waals surface area contributed by atoms with Gasteiger partial charge in [-0.25, -0.2) is 0 Å². The maximum Gasteiger partial charge on any atom is 0.222 e. The lowest BCUT2D eigenvalue weighted by atomic mass is 10.0. The zero-order valence-corrected chi connectivity index (χ0v) is 40.9. The van der Waals surface area contributed by atoms with E-state index in [1.807, 2.05) is 6.08 Å². The Bertz CT molecular complexity index is 848. The molecular weight excluding hydrogens is 739 g/mol. The van der Waals surface area contributed by atoms with Crippen molar-refractivity contribution in [3.63, 3.8) is 0 Å². The molecule has 3 unspecified atom stereocenters. The molecule has 0 saturated heterocycles. The fourth-order valence-corrected chi connectivity index (χ4v) is 8.87. The van der Waals surface area contributed by atoms with E-state index in [0.717, 1.165) is 25.7 Å². The Labute approximate surface area is 376 Å². The number of unbranched alkanes of at least 4 members (excludes halogenated alkanes) is 42. The zero-order chi connectivity index (χ0) is 43.7. The van der Waals surface area contributed by atoms with Gasteiger partial charge in [0.15, 0.2) is 0 Å². The van der Waals surface area contributed by atoms with E-state index in [1.54, 1.807) is 6.08 Å². The average molecular weight is 848 g/mol. The lowest BCUT2D eigenvalue weighted by molar-refractivity contribution is -0.124. The molecule has 0 bridgehead atoms. The smallest absolute Gasteiger partial charge is 0.222 e. The van der Waals surface area contributed by atoms with Crippen LogP contribution < -0.4 is 5.32 Å². The Balaban J connectivity index is 3.51. The minimum Gasteiger partial charge on any atom is -0.394 e. The van der Waals surface area contributed by atoms with Crippen LogP contribution in [0.5, 0.6) is 0 Å². The number of carbonyl (C=O) groups excluding carboxylic acids is 1. The molecule has 4 N–H and O–H groups in total. The van der Waals surface area contributed by atoms with Crippen molar-refractivity contribution < 1.29 is 20.1 Å². The van der Waals surface area contributed by atoms with Gasteiger partial charge in [-0.2, -0.15) is 0 Å². The van der Waals surface area contributed by atoms with Crippen LogP contribution in [0.4, 0.5) is 0 Å². The van der Waals surface area contributed by atoms with E-state index < -0.39 is 18.2 Å². The van der Waals surface area contributed by atoms with Gasteiger partial charge in [-0.15, -0.1) is 0 Å². The lowest BCUT2D eigenvalue weighted by Gasteiger charge is -2.21. The fourth-order valence-electron chi connectivity index (χ4n) is 8.87. The highest BCUT2D eigenvalue weighted by Crippen LogP contribution is 2.18. The fraction of sp³-hybridized carbons (Fsp3) is 0.945. The first-order chi connectivity index (χ1) is 29.5. The summed E-state index contributed by atoms with van der Waals surface area (Å²) in [6.45, 7) is 4.25. The van der Waals surface area contributed by atoms with Gasteiger partial charge in [0.1, 0.15) is 0 Å². The van der Waals surface area contributed by atoms with Crippen molar-refractivity contribution in [2.45, 2.75) is 327 Å². The summed E-state index contributed by atoms with van der Waals surface area (Å²) in [5.41, 5.74) is 0. The van der Waals surface area contributed by atoms with Crippen LogP contribution in [-0.4, -0.2) is 46.1 Å². The molecule has 0 rings (SSSR count). The molecule has 60 heavy (non-hydrogen) atoms. The molecular formula is C55H109NO4. The van der Waals surface area contributed by atoms with E-state index in [-0.39, 0.29) is 18.9 Å². The summed E-state index contributed by atoms with van der Waals surface area (Å²) < 4.78 is 0. The number of amides is 1. The summed E-state index contributed by atoms with van der Waals surface area (Å²) in [5.74, 6) is -0.309. The van der Waals surface area contributed by atoms with Gasteiger partial charge >= 0.3 is 0 Å². The van der Waals surface area contributed by atoms with Crippen molar-refractivity contribution in [1.29, 1.82) is 0 Å². The molecule has 5 nitrogen and oxygen atoms in total. The second kappa shape index (κ2) is 50.7. The molecule has 0 radical (unpaired) electrons. The highest BCUT2D eigenvalue weighted by Gasteiger charge is 2.20. The predicted molar refractivity (Wildman–Crippen MR) is 264 cm³/mol. The third-order valence-corrected chi connectivity index (χ3v) is 13.1. The quantitative estimate of drug-likeness (QED) is 0.0363. The van der Waals surface area contributed by atoms with Crippen LogP contribution in [0.25, 0.3) is 0 Å². The number of aliphatic hydroxyl groups excluding tert-OH is 3. The Morgan fingerprint density at radius 3 is 0.967 bits per heavy atom. The number of hydrogen-bond donors (Lipinski definition) is 4. The Morgan fingerprint density at radius 2 is 0.683 bits per heavy atom. The molecule has 358 valence electrons. The van der Waals surface area contributed by atoms with Crippen LogP contribution >= 0.6 is 0 Å². The Morgan fingerprint density at radius 1 is 0.417 bits per heavy atom. The first kappa shape index (κ1) is 59.1. The van der Waals surface area contributed by atoms with Gasteiger partial charge in [-0.3, -0.25) is 4.79 Å². The van der Waals surface area contributed by atoms with E-state index in [2.05, 4.69) is 19.2 Å². The molecule has 0 aliphatic rings. The number of rotatable bonds is 51. The first-order valence-electron chi connectivity index (χ1n) is 27.5. The normalized spacial score (nSPS) is 13.3. The summed E-state index contributed by atoms with van der Waals surface area (Å²) in [5, 5.41) is 33.4. The number of allylic oxidation sites excluding steroid dienone is 1. The van der Waals surface area contributed by atoms with Gasteiger partial charge in [0.2, 0.25) is 5.91 Å². The molecule has 0 aromatic heterocycles. The van der Waals surface area contributed by atoms with Crippen molar-refractivity contribution in [3.8, 4) is 0 Å². The van der Waals surface area contributed by atoms with E-state index in [4.69, 9.17) is 0 Å². The number of carbonyl (C=O) groups is 1. The molecule has 0 spiro atoms. The van der Waals surface area contributed by atoms with Crippen molar-refractivity contribution in [1.82, 2.24) is 5.32 Å². The Kier molecular flexibility index (Phi) is 50.0. The van der Waals surface area contributed by atoms with Gasteiger partial charge in [0.25, 0.3) is 0 Å². The van der Waals surface area contributed by atoms with Crippen molar-refractivity contribution in [2.75, 3.05) is 6.61 Å². The molecule has 0 aliphatic heterocycles. The van der Waals surface area contributed by atoms with Crippen LogP contribution in [0, 0.1) is 0 Å². The van der Waals surface area contributed by atoms with Gasteiger partial charge in [-0.05, 0) is 19.3 Å². The largest absolute Gasteiger partial charge is 0.394 e. The summed E-state index contributed by atoms with van der Waals surface area (Å²) in [7, 11) is 0. The summed E-state index contributed by atoms with van der Waals surface area (Å²) in [6.07, 6.45) is 62.6. The molecule has 3 atom stereocenters. The molecule has 0 aliphatic carbocycles. The molecule has 0 saturated carbocycles. The monoisotopic (exact) mass is 848 g/mol. The maximum atomic E-state index is 12.5. The minimum absolute atomic E-state index is 0.0194. The second-order valence-electron chi connectivity index (χ2n) is 19.2. The van der Waals surface area contributed by atoms with Crippen molar-refractivity contribution >= 4 is 5.91 Å². The number of hydrogen-bond acceptors (Lipinski definition) is 4. The van der Waals surface area contributed by atoms with E-state index in [0.29, 0.717) is 6.42 Å². The number of aliphatic hydroxyl groups is 3. The highest BCUT2D eigenvalue weighted by molar-refractivity contribution is 5.76. The summed E-state index contributed by atoms with van der Waals surface area (Å²) in [4.78, 5) is 12.5. The van der Waals surface area contributed by atoms with Crippen LogP contribution in [0.2, 0.25) is 0 Å². The second-order valence-corrected chi connectivity index (χ2v) is 19.2. The third-order valence-electron chi connectivity index (χ3n) is 13.1. The van der Waals surface area contributed by atoms with Crippen LogP contribution in [0.3, 0.4) is 0 Å². The number of nitrogens with one attached hydrogen (secondary N) is 1. The zero-order valence-electron chi connectivity index (χ0n) is 40.9. The minimum atomic E-state index is -0.925. The molecule has 0 fully saturated rings. The maximum absolute atomic E-state index is 12.5. The Hall–Kier alpha value is -0.910. The molecule has 1 amide bonds.